The first-order valence-electron chi connectivity index (χ1n) is 16.2. The lowest BCUT2D eigenvalue weighted by Crippen LogP contribution is -2.17. The number of rotatable bonds is 2. The lowest BCUT2D eigenvalue weighted by atomic mass is 9.79. The van der Waals surface area contributed by atoms with Gasteiger partial charge >= 0.3 is 0 Å². The van der Waals surface area contributed by atoms with Crippen LogP contribution in [0.15, 0.2) is 121 Å². The van der Waals surface area contributed by atoms with Gasteiger partial charge in [0.15, 0.2) is 0 Å². The third kappa shape index (κ3) is 3.49. The number of benzene rings is 6. The molecule has 46 heavy (non-hydrogen) atoms. The fourth-order valence-corrected chi connectivity index (χ4v) is 10.6. The van der Waals surface area contributed by atoms with Crippen molar-refractivity contribution in [3.63, 3.8) is 0 Å². The predicted octanol–water partition coefficient (Wildman–Crippen LogP) is 13.2. The minimum absolute atomic E-state index is 0.0912. The minimum atomic E-state index is -0.112. The van der Waals surface area contributed by atoms with Gasteiger partial charge in [0.2, 0.25) is 0 Å². The average Bonchev–Trinajstić information content (AvgIpc) is 3.80. The van der Waals surface area contributed by atoms with E-state index < -0.39 is 0 Å². The van der Waals surface area contributed by atoms with Crippen LogP contribution in [0.3, 0.4) is 0 Å². The van der Waals surface area contributed by atoms with E-state index in [0.717, 1.165) is 0 Å². The van der Waals surface area contributed by atoms with Crippen LogP contribution in [0.4, 0.5) is 0 Å². The first-order chi connectivity index (χ1) is 22.3. The minimum Gasteiger partial charge on any atom is -0.135 e. The van der Waals surface area contributed by atoms with Gasteiger partial charge in [-0.25, -0.2) is 0 Å². The molecule has 0 saturated heterocycles. The molecule has 2 aliphatic carbocycles. The van der Waals surface area contributed by atoms with Crippen LogP contribution >= 0.6 is 22.7 Å². The molecule has 0 amide bonds. The van der Waals surface area contributed by atoms with Crippen LogP contribution in [-0.4, -0.2) is 0 Å². The molecule has 0 radical (unpaired) electrons. The Bertz CT molecular complexity index is 2520. The van der Waals surface area contributed by atoms with Crippen molar-refractivity contribution in [2.75, 3.05) is 0 Å². The third-order valence-electron chi connectivity index (χ3n) is 10.9. The smallest absolute Gasteiger partial charge is 0.0361 e. The molecule has 2 heterocycles. The Morgan fingerprint density at radius 3 is 1.70 bits per heavy atom. The zero-order chi connectivity index (χ0) is 30.9. The summed E-state index contributed by atoms with van der Waals surface area (Å²) in [5.41, 5.74) is 13.8. The summed E-state index contributed by atoms with van der Waals surface area (Å²) >= 11 is 3.80. The molecule has 6 aromatic carbocycles. The number of hydrogen-bond donors (Lipinski definition) is 0. The molecular weight excluding hydrogens is 593 g/mol. The van der Waals surface area contributed by atoms with Gasteiger partial charge in [-0.3, -0.25) is 0 Å². The molecule has 0 N–H and O–H groups in total. The van der Waals surface area contributed by atoms with Crippen LogP contribution < -0.4 is 0 Å². The Morgan fingerprint density at radius 2 is 0.957 bits per heavy atom. The van der Waals surface area contributed by atoms with Crippen LogP contribution in [0.2, 0.25) is 0 Å². The quantitative estimate of drug-likeness (QED) is 0.179. The molecule has 0 atom stereocenters. The number of fused-ring (bicyclic) bond motifs is 10. The van der Waals surface area contributed by atoms with E-state index >= 15 is 0 Å². The van der Waals surface area contributed by atoms with Gasteiger partial charge < -0.3 is 0 Å². The molecule has 0 fully saturated rings. The normalized spacial score (nSPS) is 15.3. The highest BCUT2D eigenvalue weighted by atomic mass is 32.1. The molecule has 2 heteroatoms. The van der Waals surface area contributed by atoms with Crippen molar-refractivity contribution in [1.82, 2.24) is 0 Å². The van der Waals surface area contributed by atoms with E-state index in [1.165, 1.54) is 96.3 Å². The summed E-state index contributed by atoms with van der Waals surface area (Å²) in [6, 6.07) is 46.1. The highest BCUT2D eigenvalue weighted by molar-refractivity contribution is 7.22. The molecule has 10 rings (SSSR count). The molecule has 8 aromatic rings. The molecule has 220 valence electrons. The molecule has 2 aliphatic rings. The maximum Gasteiger partial charge on any atom is 0.0361 e. The second-order valence-electron chi connectivity index (χ2n) is 14.1. The van der Waals surface area contributed by atoms with E-state index in [-0.39, 0.29) is 10.8 Å². The van der Waals surface area contributed by atoms with Gasteiger partial charge in [-0.2, -0.15) is 0 Å². The molecule has 0 bridgehead atoms. The molecule has 0 saturated carbocycles. The van der Waals surface area contributed by atoms with E-state index in [1.807, 2.05) is 22.7 Å². The van der Waals surface area contributed by atoms with E-state index in [1.54, 1.807) is 0 Å². The summed E-state index contributed by atoms with van der Waals surface area (Å²) in [7, 11) is 0. The van der Waals surface area contributed by atoms with E-state index in [0.29, 0.717) is 0 Å². The third-order valence-corrected chi connectivity index (χ3v) is 13.2. The monoisotopic (exact) mass is 624 g/mol. The first-order valence-corrected chi connectivity index (χ1v) is 17.8. The lowest BCUT2D eigenvalue weighted by Gasteiger charge is -2.24. The van der Waals surface area contributed by atoms with Crippen molar-refractivity contribution < 1.29 is 0 Å². The van der Waals surface area contributed by atoms with E-state index in [4.69, 9.17) is 0 Å². The second-order valence-corrected chi connectivity index (χ2v) is 16.3. The molecule has 0 aliphatic heterocycles. The SMILES string of the molecule is CC1(C)c2cc(-c3cc4ccccc4s3)ccc2-c2cc3c(cc21)-c1c(cc(-c2cc4ccccc4s2)c2ccccc12)C3(C)C. The standard InChI is InChI=1S/C44H32S2/c1-43(2)34-19-27(40-20-25-11-5-9-15-38(25)45-40)17-18-29(34)31-22-36-33(24-35(31)43)42-30-14-8-7-13-28(30)32(23-37(42)44(36,3)4)41-21-26-12-6-10-16-39(26)46-41/h5-24H,1-4H3. The molecule has 2 aromatic heterocycles. The summed E-state index contributed by atoms with van der Waals surface area (Å²) in [5, 5.41) is 5.35. The molecular formula is C44H32S2. The fourth-order valence-electron chi connectivity index (χ4n) is 8.40. The second kappa shape index (κ2) is 9.06. The van der Waals surface area contributed by atoms with Gasteiger partial charge in [-0.05, 0) is 126 Å². The Balaban J connectivity index is 1.17. The van der Waals surface area contributed by atoms with Crippen molar-refractivity contribution in [1.29, 1.82) is 0 Å². The molecule has 0 nitrogen and oxygen atoms in total. The van der Waals surface area contributed by atoms with Crippen LogP contribution in [0.25, 0.3) is 74.1 Å². The van der Waals surface area contributed by atoms with Crippen LogP contribution in [0.1, 0.15) is 49.9 Å². The van der Waals surface area contributed by atoms with E-state index in [9.17, 15) is 0 Å². The Kier molecular flexibility index (Phi) is 5.26. The van der Waals surface area contributed by atoms with Gasteiger partial charge in [0.05, 0.1) is 0 Å². The van der Waals surface area contributed by atoms with Crippen LogP contribution in [0, 0.1) is 0 Å². The molecule has 0 spiro atoms. The van der Waals surface area contributed by atoms with Crippen LogP contribution in [0.5, 0.6) is 0 Å². The number of hydrogen-bond acceptors (Lipinski definition) is 2. The van der Waals surface area contributed by atoms with Crippen LogP contribution in [-0.2, 0) is 10.8 Å². The fraction of sp³-hybridized carbons (Fsp3) is 0.136. The molecule has 0 unspecified atom stereocenters. The van der Waals surface area contributed by atoms with Crippen molar-refractivity contribution in [3.8, 4) is 43.1 Å². The Hall–Kier alpha value is -4.50. The Labute approximate surface area is 277 Å². The Morgan fingerprint density at radius 1 is 0.413 bits per heavy atom. The van der Waals surface area contributed by atoms with Crippen molar-refractivity contribution in [2.24, 2.45) is 0 Å². The van der Waals surface area contributed by atoms with Gasteiger partial charge in [-0.1, -0.05) is 100 Å². The maximum absolute atomic E-state index is 2.56. The van der Waals surface area contributed by atoms with Gasteiger partial charge in [0.1, 0.15) is 0 Å². The number of thiophene rings is 2. The largest absolute Gasteiger partial charge is 0.135 e. The summed E-state index contributed by atoms with van der Waals surface area (Å²) in [6.45, 7) is 9.70. The summed E-state index contributed by atoms with van der Waals surface area (Å²) in [4.78, 5) is 2.69. The summed E-state index contributed by atoms with van der Waals surface area (Å²) in [5.74, 6) is 0. The summed E-state index contributed by atoms with van der Waals surface area (Å²) < 4.78 is 2.69. The predicted molar refractivity (Wildman–Crippen MR) is 201 cm³/mol. The van der Waals surface area contributed by atoms with Gasteiger partial charge in [0.25, 0.3) is 0 Å². The van der Waals surface area contributed by atoms with Crippen molar-refractivity contribution >= 4 is 53.6 Å². The first kappa shape index (κ1) is 26.7. The van der Waals surface area contributed by atoms with Crippen molar-refractivity contribution in [3.05, 3.63) is 144 Å². The van der Waals surface area contributed by atoms with Gasteiger partial charge in [0, 0.05) is 30.0 Å². The summed E-state index contributed by atoms with van der Waals surface area (Å²) in [6.07, 6.45) is 0. The zero-order valence-corrected chi connectivity index (χ0v) is 28.0. The maximum atomic E-state index is 2.56. The van der Waals surface area contributed by atoms with Gasteiger partial charge in [-0.15, -0.1) is 22.7 Å². The van der Waals surface area contributed by atoms with E-state index in [2.05, 4.69) is 149 Å². The van der Waals surface area contributed by atoms with Crippen molar-refractivity contribution in [2.45, 2.75) is 38.5 Å². The average molecular weight is 625 g/mol. The lowest BCUT2D eigenvalue weighted by molar-refractivity contribution is 0.652. The highest BCUT2D eigenvalue weighted by Crippen LogP contribution is 2.58. The highest BCUT2D eigenvalue weighted by Gasteiger charge is 2.42. The zero-order valence-electron chi connectivity index (χ0n) is 26.4. The topological polar surface area (TPSA) is 0 Å².